The predicted octanol–water partition coefficient (Wildman–Crippen LogP) is 1.40. The van der Waals surface area contributed by atoms with E-state index in [9.17, 15) is 9.18 Å². The minimum atomic E-state index is -0.410. The molecule has 0 aliphatic carbocycles. The summed E-state index contributed by atoms with van der Waals surface area (Å²) in [5.41, 5.74) is 0.229. The lowest BCUT2D eigenvalue weighted by Gasteiger charge is -2.25. The summed E-state index contributed by atoms with van der Waals surface area (Å²) < 4.78 is 13.3. The molecule has 0 saturated carbocycles. The number of hydrogen-bond acceptors (Lipinski definition) is 4. The zero-order valence-corrected chi connectivity index (χ0v) is 12.2. The molecule has 1 aliphatic rings. The standard InChI is InChI=1S/C14H20FN3OS/c15-12-3-1-2-4-13(12)17-14(19)11-16-5-6-18-7-9-20-10-8-18/h1-4,16H,5-11H2,(H,17,19). The zero-order chi connectivity index (χ0) is 14.2. The van der Waals surface area contributed by atoms with E-state index in [0.29, 0.717) is 0 Å². The number of para-hydroxylation sites is 1. The molecule has 20 heavy (non-hydrogen) atoms. The fourth-order valence-electron chi connectivity index (χ4n) is 2.02. The molecule has 0 radical (unpaired) electrons. The van der Waals surface area contributed by atoms with Crippen LogP contribution in [0, 0.1) is 5.82 Å². The first-order chi connectivity index (χ1) is 9.75. The second-order valence-corrected chi connectivity index (χ2v) is 5.88. The number of anilines is 1. The third-order valence-corrected chi connectivity index (χ3v) is 4.08. The molecular formula is C14H20FN3OS. The van der Waals surface area contributed by atoms with Crippen LogP contribution in [0.1, 0.15) is 0 Å². The van der Waals surface area contributed by atoms with Gasteiger partial charge in [-0.25, -0.2) is 4.39 Å². The largest absolute Gasteiger partial charge is 0.322 e. The van der Waals surface area contributed by atoms with Crippen molar-refractivity contribution in [3.05, 3.63) is 30.1 Å². The number of rotatable bonds is 6. The normalized spacial score (nSPS) is 16.1. The Kier molecular flexibility index (Phi) is 6.29. The summed E-state index contributed by atoms with van der Waals surface area (Å²) in [6, 6.07) is 6.18. The molecule has 1 aromatic carbocycles. The van der Waals surface area contributed by atoms with E-state index in [1.807, 2.05) is 11.8 Å². The number of carbonyl (C=O) groups excluding carboxylic acids is 1. The van der Waals surface area contributed by atoms with Crippen molar-refractivity contribution in [3.8, 4) is 0 Å². The molecule has 110 valence electrons. The van der Waals surface area contributed by atoms with Gasteiger partial charge < -0.3 is 15.5 Å². The number of amides is 1. The van der Waals surface area contributed by atoms with Crippen molar-refractivity contribution >= 4 is 23.4 Å². The lowest BCUT2D eigenvalue weighted by atomic mass is 10.3. The number of carbonyl (C=O) groups is 1. The van der Waals surface area contributed by atoms with Gasteiger partial charge in [-0.05, 0) is 12.1 Å². The van der Waals surface area contributed by atoms with Gasteiger partial charge in [0.15, 0.2) is 0 Å². The molecule has 1 aliphatic heterocycles. The first-order valence-corrected chi connectivity index (χ1v) is 7.96. The van der Waals surface area contributed by atoms with Gasteiger partial charge in [0.1, 0.15) is 5.82 Å². The minimum Gasteiger partial charge on any atom is -0.322 e. The van der Waals surface area contributed by atoms with Crippen molar-refractivity contribution < 1.29 is 9.18 Å². The molecule has 6 heteroatoms. The Balaban J connectivity index is 1.61. The highest BCUT2D eigenvalue weighted by molar-refractivity contribution is 7.99. The van der Waals surface area contributed by atoms with E-state index in [1.165, 1.54) is 17.6 Å². The van der Waals surface area contributed by atoms with E-state index in [2.05, 4.69) is 15.5 Å². The molecule has 1 aromatic rings. The summed E-state index contributed by atoms with van der Waals surface area (Å²) in [5, 5.41) is 5.64. The Bertz CT molecular complexity index is 438. The summed E-state index contributed by atoms with van der Waals surface area (Å²) in [6.45, 7) is 4.17. The topological polar surface area (TPSA) is 44.4 Å². The van der Waals surface area contributed by atoms with Crippen LogP contribution in [-0.2, 0) is 4.79 Å². The molecule has 4 nitrogen and oxygen atoms in total. The molecule has 1 heterocycles. The van der Waals surface area contributed by atoms with Crippen LogP contribution in [0.25, 0.3) is 0 Å². The van der Waals surface area contributed by atoms with Gasteiger partial charge in [-0.1, -0.05) is 12.1 Å². The minimum absolute atomic E-state index is 0.205. The van der Waals surface area contributed by atoms with Crippen LogP contribution in [0.2, 0.25) is 0 Å². The summed E-state index contributed by atoms with van der Waals surface area (Å²) in [5.74, 6) is 1.75. The van der Waals surface area contributed by atoms with Crippen LogP contribution >= 0.6 is 11.8 Å². The van der Waals surface area contributed by atoms with Crippen molar-refractivity contribution in [1.29, 1.82) is 0 Å². The highest BCUT2D eigenvalue weighted by atomic mass is 32.2. The third kappa shape index (κ3) is 5.11. The van der Waals surface area contributed by atoms with Crippen LogP contribution in [0.4, 0.5) is 10.1 Å². The maximum atomic E-state index is 13.3. The second-order valence-electron chi connectivity index (χ2n) is 4.66. The quantitative estimate of drug-likeness (QED) is 0.779. The SMILES string of the molecule is O=C(CNCCN1CCSCC1)Nc1ccccc1F. The number of nitrogens with one attached hydrogen (secondary N) is 2. The average molecular weight is 297 g/mol. The highest BCUT2D eigenvalue weighted by Gasteiger charge is 2.10. The first-order valence-electron chi connectivity index (χ1n) is 6.81. The number of thioether (sulfide) groups is 1. The fourth-order valence-corrected chi connectivity index (χ4v) is 3.00. The van der Waals surface area contributed by atoms with Gasteiger partial charge in [-0.3, -0.25) is 4.79 Å². The average Bonchev–Trinajstić information content (AvgIpc) is 2.47. The van der Waals surface area contributed by atoms with Gasteiger partial charge in [0.2, 0.25) is 5.91 Å². The molecule has 0 spiro atoms. The Hall–Kier alpha value is -1.11. The van der Waals surface area contributed by atoms with Gasteiger partial charge in [0.25, 0.3) is 0 Å². The van der Waals surface area contributed by atoms with Crippen LogP contribution in [0.15, 0.2) is 24.3 Å². The molecule has 1 amide bonds. The number of hydrogen-bond donors (Lipinski definition) is 2. The maximum Gasteiger partial charge on any atom is 0.238 e. The van der Waals surface area contributed by atoms with Crippen molar-refractivity contribution in [2.75, 3.05) is 49.5 Å². The molecule has 1 saturated heterocycles. The molecule has 1 fully saturated rings. The fraction of sp³-hybridized carbons (Fsp3) is 0.500. The molecule has 0 bridgehead atoms. The van der Waals surface area contributed by atoms with Crippen molar-refractivity contribution in [1.82, 2.24) is 10.2 Å². The van der Waals surface area contributed by atoms with Crippen LogP contribution in [-0.4, -0.2) is 55.0 Å². The number of benzene rings is 1. The molecule has 2 rings (SSSR count). The molecular weight excluding hydrogens is 277 g/mol. The zero-order valence-electron chi connectivity index (χ0n) is 11.4. The molecule has 0 aromatic heterocycles. The van der Waals surface area contributed by atoms with E-state index in [1.54, 1.807) is 18.2 Å². The van der Waals surface area contributed by atoms with Crippen molar-refractivity contribution in [2.45, 2.75) is 0 Å². The first kappa shape index (κ1) is 15.3. The van der Waals surface area contributed by atoms with Crippen LogP contribution in [0.3, 0.4) is 0 Å². The number of halogens is 1. The highest BCUT2D eigenvalue weighted by Crippen LogP contribution is 2.11. The van der Waals surface area contributed by atoms with Crippen molar-refractivity contribution in [3.63, 3.8) is 0 Å². The van der Waals surface area contributed by atoms with E-state index >= 15 is 0 Å². The van der Waals surface area contributed by atoms with E-state index in [4.69, 9.17) is 0 Å². The maximum absolute atomic E-state index is 13.3. The molecule has 2 N–H and O–H groups in total. The summed E-state index contributed by atoms with van der Waals surface area (Å²) >= 11 is 1.98. The summed E-state index contributed by atoms with van der Waals surface area (Å²) in [6.07, 6.45) is 0. The smallest absolute Gasteiger partial charge is 0.238 e. The Labute approximate surface area is 123 Å². The van der Waals surface area contributed by atoms with E-state index < -0.39 is 5.82 Å². The predicted molar refractivity (Wildman–Crippen MR) is 81.7 cm³/mol. The monoisotopic (exact) mass is 297 g/mol. The lowest BCUT2D eigenvalue weighted by Crippen LogP contribution is -2.39. The van der Waals surface area contributed by atoms with Gasteiger partial charge in [-0.15, -0.1) is 0 Å². The summed E-state index contributed by atoms with van der Waals surface area (Å²) in [7, 11) is 0. The van der Waals surface area contributed by atoms with Crippen molar-refractivity contribution in [2.24, 2.45) is 0 Å². The van der Waals surface area contributed by atoms with Gasteiger partial charge in [0.05, 0.1) is 12.2 Å². The third-order valence-electron chi connectivity index (χ3n) is 3.14. The van der Waals surface area contributed by atoms with Gasteiger partial charge in [0, 0.05) is 37.7 Å². The second kappa shape index (κ2) is 8.24. The van der Waals surface area contributed by atoms with Crippen LogP contribution in [0.5, 0.6) is 0 Å². The Morgan fingerprint density at radius 3 is 2.80 bits per heavy atom. The Morgan fingerprint density at radius 2 is 2.05 bits per heavy atom. The van der Waals surface area contributed by atoms with Crippen LogP contribution < -0.4 is 10.6 Å². The van der Waals surface area contributed by atoms with E-state index in [-0.39, 0.29) is 18.1 Å². The summed E-state index contributed by atoms with van der Waals surface area (Å²) in [4.78, 5) is 14.0. The van der Waals surface area contributed by atoms with Gasteiger partial charge >= 0.3 is 0 Å². The van der Waals surface area contributed by atoms with E-state index in [0.717, 1.165) is 26.2 Å². The Morgan fingerprint density at radius 1 is 1.30 bits per heavy atom. The number of nitrogens with zero attached hydrogens (tertiary/aromatic N) is 1. The molecule has 0 unspecified atom stereocenters. The molecule has 0 atom stereocenters. The van der Waals surface area contributed by atoms with Gasteiger partial charge in [-0.2, -0.15) is 11.8 Å². The lowest BCUT2D eigenvalue weighted by molar-refractivity contribution is -0.115.